The van der Waals surface area contributed by atoms with Gasteiger partial charge in [0.15, 0.2) is 0 Å². The molecule has 0 aliphatic rings. The van der Waals surface area contributed by atoms with E-state index >= 15 is 0 Å². The summed E-state index contributed by atoms with van der Waals surface area (Å²) in [6.07, 6.45) is 14.7. The van der Waals surface area contributed by atoms with Crippen molar-refractivity contribution in [3.8, 4) is 0 Å². The minimum absolute atomic E-state index is 0.0673. The summed E-state index contributed by atoms with van der Waals surface area (Å²) in [4.78, 5) is 11.9. The third kappa shape index (κ3) is 10.5. The number of carbonyl (C=O) groups excluding carboxylic acids is 1. The quantitative estimate of drug-likeness (QED) is 0.271. The number of hydrogen-bond acceptors (Lipinski definition) is 2. The maximum absolute atomic E-state index is 11.9. The highest BCUT2D eigenvalue weighted by molar-refractivity contribution is 5.69. The minimum Gasteiger partial charge on any atom is -0.458 e. The van der Waals surface area contributed by atoms with Gasteiger partial charge < -0.3 is 4.74 Å². The van der Waals surface area contributed by atoms with Crippen molar-refractivity contribution in [3.63, 3.8) is 0 Å². The van der Waals surface area contributed by atoms with Gasteiger partial charge in [0.1, 0.15) is 6.10 Å². The lowest BCUT2D eigenvalue weighted by Gasteiger charge is -2.13. The lowest BCUT2D eigenvalue weighted by molar-refractivity contribution is -0.148. The Hall–Kier alpha value is -1.31. The van der Waals surface area contributed by atoms with Crippen molar-refractivity contribution in [3.05, 3.63) is 35.9 Å². The molecule has 1 aromatic rings. The van der Waals surface area contributed by atoms with E-state index in [1.807, 2.05) is 37.3 Å². The second-order valence-corrected chi connectivity index (χ2v) is 6.83. The van der Waals surface area contributed by atoms with Crippen LogP contribution < -0.4 is 0 Å². The molecule has 0 radical (unpaired) electrons. The van der Waals surface area contributed by atoms with Crippen molar-refractivity contribution in [2.24, 2.45) is 0 Å². The second kappa shape index (κ2) is 14.1. The van der Waals surface area contributed by atoms with Crippen LogP contribution in [0, 0.1) is 0 Å². The van der Waals surface area contributed by atoms with Crippen LogP contribution >= 0.6 is 0 Å². The number of benzene rings is 1. The average molecular weight is 333 g/mol. The number of carbonyl (C=O) groups is 1. The zero-order chi connectivity index (χ0) is 17.5. The third-order valence-electron chi connectivity index (χ3n) is 4.56. The molecule has 1 unspecified atom stereocenters. The fourth-order valence-corrected chi connectivity index (χ4v) is 2.98. The van der Waals surface area contributed by atoms with Gasteiger partial charge >= 0.3 is 5.97 Å². The van der Waals surface area contributed by atoms with Gasteiger partial charge in [-0.05, 0) is 18.9 Å². The maximum Gasteiger partial charge on any atom is 0.306 e. The van der Waals surface area contributed by atoms with Crippen LogP contribution in [0.3, 0.4) is 0 Å². The predicted octanol–water partition coefficient (Wildman–Crippen LogP) is 6.99. The molecule has 0 aliphatic heterocycles. The Morgan fingerprint density at radius 3 is 1.88 bits per heavy atom. The number of unbranched alkanes of at least 4 members (excludes halogenated alkanes) is 10. The van der Waals surface area contributed by atoms with Crippen molar-refractivity contribution < 1.29 is 9.53 Å². The SMILES string of the molecule is CCCCCCCCCCCCCC(=O)OC(C)c1ccccc1. The van der Waals surface area contributed by atoms with Gasteiger partial charge in [0.05, 0.1) is 0 Å². The molecule has 0 saturated heterocycles. The molecule has 0 saturated carbocycles. The van der Waals surface area contributed by atoms with Gasteiger partial charge in [-0.15, -0.1) is 0 Å². The summed E-state index contributed by atoms with van der Waals surface area (Å²) in [5.41, 5.74) is 1.06. The molecule has 0 bridgehead atoms. The predicted molar refractivity (Wildman–Crippen MR) is 102 cm³/mol. The summed E-state index contributed by atoms with van der Waals surface area (Å²) in [6.45, 7) is 4.20. The Bertz CT molecular complexity index is 413. The van der Waals surface area contributed by atoms with Crippen LogP contribution in [0.2, 0.25) is 0 Å². The molecule has 1 aromatic carbocycles. The highest BCUT2D eigenvalue weighted by Gasteiger charge is 2.10. The molecule has 0 N–H and O–H groups in total. The number of esters is 1. The molecule has 1 rings (SSSR count). The summed E-state index contributed by atoms with van der Waals surface area (Å²) >= 11 is 0. The summed E-state index contributed by atoms with van der Waals surface area (Å²) in [7, 11) is 0. The molecule has 2 nitrogen and oxygen atoms in total. The monoisotopic (exact) mass is 332 g/mol. The van der Waals surface area contributed by atoms with Gasteiger partial charge in [0.2, 0.25) is 0 Å². The molecule has 0 aliphatic carbocycles. The highest BCUT2D eigenvalue weighted by atomic mass is 16.5. The fourth-order valence-electron chi connectivity index (χ4n) is 2.98. The van der Waals surface area contributed by atoms with Gasteiger partial charge in [0.25, 0.3) is 0 Å². The van der Waals surface area contributed by atoms with Crippen LogP contribution in [0.15, 0.2) is 30.3 Å². The van der Waals surface area contributed by atoms with Crippen LogP contribution in [0.4, 0.5) is 0 Å². The van der Waals surface area contributed by atoms with Crippen molar-refractivity contribution in [1.82, 2.24) is 0 Å². The minimum atomic E-state index is -0.147. The molecular weight excluding hydrogens is 296 g/mol. The standard InChI is InChI=1S/C22H36O2/c1-3-4-5-6-7-8-9-10-11-12-16-19-22(23)24-20(2)21-17-14-13-15-18-21/h13-15,17-18,20H,3-12,16,19H2,1-2H3. The summed E-state index contributed by atoms with van der Waals surface area (Å²) < 4.78 is 5.49. The summed E-state index contributed by atoms with van der Waals surface area (Å²) in [5, 5.41) is 0. The first-order chi connectivity index (χ1) is 11.7. The smallest absolute Gasteiger partial charge is 0.306 e. The van der Waals surface area contributed by atoms with E-state index in [-0.39, 0.29) is 12.1 Å². The molecule has 136 valence electrons. The van der Waals surface area contributed by atoms with Crippen LogP contribution in [-0.2, 0) is 9.53 Å². The van der Waals surface area contributed by atoms with Gasteiger partial charge in [0, 0.05) is 6.42 Å². The fraction of sp³-hybridized carbons (Fsp3) is 0.682. The van der Waals surface area contributed by atoms with E-state index in [0.29, 0.717) is 6.42 Å². The first kappa shape index (κ1) is 20.7. The molecule has 1 atom stereocenters. The van der Waals surface area contributed by atoms with E-state index in [4.69, 9.17) is 4.74 Å². The van der Waals surface area contributed by atoms with Crippen LogP contribution in [0.25, 0.3) is 0 Å². The Labute approximate surface area is 149 Å². The summed E-state index contributed by atoms with van der Waals surface area (Å²) in [5.74, 6) is -0.0673. The van der Waals surface area contributed by atoms with E-state index < -0.39 is 0 Å². The highest BCUT2D eigenvalue weighted by Crippen LogP contribution is 2.18. The Balaban J connectivity index is 1.93. The number of ether oxygens (including phenoxy) is 1. The van der Waals surface area contributed by atoms with Crippen molar-refractivity contribution in [2.45, 2.75) is 97.0 Å². The average Bonchev–Trinajstić information content (AvgIpc) is 2.60. The Morgan fingerprint density at radius 2 is 1.33 bits per heavy atom. The zero-order valence-electron chi connectivity index (χ0n) is 15.8. The van der Waals surface area contributed by atoms with Crippen molar-refractivity contribution >= 4 is 5.97 Å². The van der Waals surface area contributed by atoms with E-state index in [1.165, 1.54) is 57.8 Å². The molecule has 0 spiro atoms. The second-order valence-electron chi connectivity index (χ2n) is 6.83. The Kier molecular flexibility index (Phi) is 12.2. The molecular formula is C22H36O2. The van der Waals surface area contributed by atoms with Gasteiger partial charge in [-0.25, -0.2) is 0 Å². The number of hydrogen-bond donors (Lipinski definition) is 0. The van der Waals surface area contributed by atoms with Crippen molar-refractivity contribution in [1.29, 1.82) is 0 Å². The number of rotatable bonds is 14. The van der Waals surface area contributed by atoms with Gasteiger partial charge in [-0.2, -0.15) is 0 Å². The van der Waals surface area contributed by atoms with Crippen LogP contribution in [0.5, 0.6) is 0 Å². The van der Waals surface area contributed by atoms with Crippen LogP contribution in [-0.4, -0.2) is 5.97 Å². The van der Waals surface area contributed by atoms with E-state index in [9.17, 15) is 4.79 Å². The van der Waals surface area contributed by atoms with Gasteiger partial charge in [-0.1, -0.05) is 101 Å². The first-order valence-electron chi connectivity index (χ1n) is 9.98. The normalized spacial score (nSPS) is 12.1. The molecule has 24 heavy (non-hydrogen) atoms. The molecule has 0 heterocycles. The Morgan fingerprint density at radius 1 is 0.833 bits per heavy atom. The van der Waals surface area contributed by atoms with E-state index in [2.05, 4.69) is 6.92 Å². The molecule has 0 aromatic heterocycles. The lowest BCUT2D eigenvalue weighted by atomic mass is 10.1. The largest absolute Gasteiger partial charge is 0.458 e. The first-order valence-corrected chi connectivity index (χ1v) is 9.98. The van der Waals surface area contributed by atoms with E-state index in [0.717, 1.165) is 18.4 Å². The summed E-state index contributed by atoms with van der Waals surface area (Å²) in [6, 6.07) is 9.93. The van der Waals surface area contributed by atoms with Crippen LogP contribution in [0.1, 0.15) is 103 Å². The molecule has 2 heteroatoms. The van der Waals surface area contributed by atoms with E-state index in [1.54, 1.807) is 0 Å². The molecule has 0 amide bonds. The third-order valence-corrected chi connectivity index (χ3v) is 4.56. The molecule has 0 fully saturated rings. The van der Waals surface area contributed by atoms with Crippen molar-refractivity contribution in [2.75, 3.05) is 0 Å². The zero-order valence-corrected chi connectivity index (χ0v) is 15.8. The maximum atomic E-state index is 11.9. The lowest BCUT2D eigenvalue weighted by Crippen LogP contribution is -2.08. The van der Waals surface area contributed by atoms with Gasteiger partial charge in [-0.3, -0.25) is 4.79 Å². The topological polar surface area (TPSA) is 26.3 Å².